The number of nitrogens with one attached hydrogen (secondary N) is 1. The molecule has 0 fully saturated rings. The minimum atomic E-state index is 0.932. The summed E-state index contributed by atoms with van der Waals surface area (Å²) >= 11 is 0. The highest BCUT2D eigenvalue weighted by Gasteiger charge is 2.03. The molecule has 0 bridgehead atoms. The fourth-order valence-corrected chi connectivity index (χ4v) is 4.79. The Kier molecular flexibility index (Phi) is 6.82. The predicted molar refractivity (Wildman–Crippen MR) is 162 cm³/mol. The summed E-state index contributed by atoms with van der Waals surface area (Å²) in [6.45, 7) is 0. The summed E-state index contributed by atoms with van der Waals surface area (Å²) in [5.74, 6) is 0. The van der Waals surface area contributed by atoms with Crippen LogP contribution >= 0.6 is 0 Å². The fourth-order valence-electron chi connectivity index (χ4n) is 4.79. The number of anilines is 2. The predicted octanol–water partition coefficient (Wildman–Crippen LogP) is 10.0. The van der Waals surface area contributed by atoms with Crippen molar-refractivity contribution in [2.45, 2.75) is 6.42 Å². The van der Waals surface area contributed by atoms with Crippen LogP contribution < -0.4 is 5.32 Å². The van der Waals surface area contributed by atoms with Crippen molar-refractivity contribution in [3.63, 3.8) is 0 Å². The van der Waals surface area contributed by atoms with E-state index in [1.54, 1.807) is 0 Å². The molecule has 1 heteroatoms. The summed E-state index contributed by atoms with van der Waals surface area (Å²) in [5.41, 5.74) is 12.2. The van der Waals surface area contributed by atoms with Crippen molar-refractivity contribution in [1.82, 2.24) is 0 Å². The van der Waals surface area contributed by atoms with Crippen LogP contribution in [-0.2, 0) is 6.42 Å². The van der Waals surface area contributed by atoms with Gasteiger partial charge in [0.15, 0.2) is 0 Å². The summed E-state index contributed by atoms with van der Waals surface area (Å²) < 4.78 is 0. The molecular weight excluding hydrogens is 458 g/mol. The largest absolute Gasteiger partial charge is 0.356 e. The molecule has 0 aliphatic rings. The average Bonchev–Trinajstić information content (AvgIpc) is 3.00. The van der Waals surface area contributed by atoms with E-state index in [0.29, 0.717) is 0 Å². The average molecular weight is 488 g/mol. The highest BCUT2D eigenvalue weighted by Crippen LogP contribution is 2.27. The summed E-state index contributed by atoms with van der Waals surface area (Å²) in [6.07, 6.45) is 0.932. The normalized spacial score (nSPS) is 10.7. The molecule has 6 rings (SSSR count). The first-order valence-corrected chi connectivity index (χ1v) is 13.1. The zero-order valence-electron chi connectivity index (χ0n) is 21.2. The van der Waals surface area contributed by atoms with Gasteiger partial charge in [-0.1, -0.05) is 133 Å². The topological polar surface area (TPSA) is 12.0 Å². The monoisotopic (exact) mass is 487 g/mol. The van der Waals surface area contributed by atoms with Gasteiger partial charge in [-0.15, -0.1) is 0 Å². The Bertz CT molecular complexity index is 1460. The van der Waals surface area contributed by atoms with Gasteiger partial charge in [0, 0.05) is 11.4 Å². The zero-order valence-corrected chi connectivity index (χ0v) is 21.2. The Morgan fingerprint density at radius 1 is 0.289 bits per heavy atom. The van der Waals surface area contributed by atoms with Gasteiger partial charge in [0.25, 0.3) is 0 Å². The molecule has 0 unspecified atom stereocenters. The quantitative estimate of drug-likeness (QED) is 0.236. The van der Waals surface area contributed by atoms with Gasteiger partial charge in [-0.3, -0.25) is 0 Å². The lowest BCUT2D eigenvalue weighted by atomic mass is 9.98. The van der Waals surface area contributed by atoms with Crippen LogP contribution in [0.2, 0.25) is 0 Å². The molecule has 182 valence electrons. The van der Waals surface area contributed by atoms with Crippen LogP contribution in [0.25, 0.3) is 33.4 Å². The Morgan fingerprint density at radius 2 is 0.579 bits per heavy atom. The Hall–Kier alpha value is -4.88. The van der Waals surface area contributed by atoms with E-state index in [1.807, 2.05) is 6.07 Å². The van der Waals surface area contributed by atoms with Crippen molar-refractivity contribution < 1.29 is 0 Å². The maximum atomic E-state index is 3.51. The summed E-state index contributed by atoms with van der Waals surface area (Å²) in [4.78, 5) is 0. The van der Waals surface area contributed by atoms with Crippen LogP contribution in [0.4, 0.5) is 11.4 Å². The minimum Gasteiger partial charge on any atom is -0.356 e. The molecule has 0 saturated carbocycles. The molecule has 0 radical (unpaired) electrons. The summed E-state index contributed by atoms with van der Waals surface area (Å²) in [6, 6.07) is 56.0. The van der Waals surface area contributed by atoms with E-state index in [4.69, 9.17) is 0 Å². The third kappa shape index (κ3) is 5.58. The van der Waals surface area contributed by atoms with Crippen LogP contribution in [-0.4, -0.2) is 0 Å². The van der Waals surface area contributed by atoms with E-state index in [9.17, 15) is 0 Å². The third-order valence-electron chi connectivity index (χ3n) is 6.92. The molecular formula is C37H29N. The van der Waals surface area contributed by atoms with Crippen LogP contribution in [0.3, 0.4) is 0 Å². The van der Waals surface area contributed by atoms with Gasteiger partial charge in [0.1, 0.15) is 0 Å². The lowest BCUT2D eigenvalue weighted by Gasteiger charge is -2.10. The number of rotatable bonds is 7. The summed E-state index contributed by atoms with van der Waals surface area (Å²) in [7, 11) is 0. The van der Waals surface area contributed by atoms with E-state index in [-0.39, 0.29) is 0 Å². The first-order valence-electron chi connectivity index (χ1n) is 13.1. The van der Waals surface area contributed by atoms with E-state index < -0.39 is 0 Å². The smallest absolute Gasteiger partial charge is 0.0384 e. The van der Waals surface area contributed by atoms with E-state index in [1.165, 1.54) is 44.5 Å². The maximum Gasteiger partial charge on any atom is 0.0384 e. The molecule has 0 aliphatic heterocycles. The molecule has 0 spiro atoms. The molecule has 0 atom stereocenters. The van der Waals surface area contributed by atoms with Crippen molar-refractivity contribution in [2.75, 3.05) is 5.32 Å². The second-order valence-electron chi connectivity index (χ2n) is 9.58. The Labute approximate surface area is 225 Å². The molecule has 0 saturated heterocycles. The summed E-state index contributed by atoms with van der Waals surface area (Å²) in [5, 5.41) is 3.51. The lowest BCUT2D eigenvalue weighted by molar-refractivity contribution is 1.19. The van der Waals surface area contributed by atoms with Crippen LogP contribution in [0.5, 0.6) is 0 Å². The Balaban J connectivity index is 1.08. The molecule has 6 aromatic carbocycles. The third-order valence-corrected chi connectivity index (χ3v) is 6.92. The van der Waals surface area contributed by atoms with Gasteiger partial charge >= 0.3 is 0 Å². The molecule has 1 N–H and O–H groups in total. The number of hydrogen-bond donors (Lipinski definition) is 1. The molecule has 0 aliphatic carbocycles. The highest BCUT2D eigenvalue weighted by molar-refractivity contribution is 5.71. The Morgan fingerprint density at radius 3 is 0.921 bits per heavy atom. The maximum absolute atomic E-state index is 3.51. The molecule has 1 nitrogen and oxygen atoms in total. The minimum absolute atomic E-state index is 0.932. The second kappa shape index (κ2) is 11.0. The number of hydrogen-bond acceptors (Lipinski definition) is 1. The zero-order chi connectivity index (χ0) is 25.6. The van der Waals surface area contributed by atoms with E-state index >= 15 is 0 Å². The lowest BCUT2D eigenvalue weighted by Crippen LogP contribution is -1.91. The van der Waals surface area contributed by atoms with Crippen LogP contribution in [0, 0.1) is 0 Å². The van der Waals surface area contributed by atoms with E-state index in [2.05, 4.69) is 157 Å². The number of benzene rings is 6. The molecule has 0 aromatic heterocycles. The van der Waals surface area contributed by atoms with Gasteiger partial charge in [-0.2, -0.15) is 0 Å². The van der Waals surface area contributed by atoms with Gasteiger partial charge in [-0.05, 0) is 75.2 Å². The van der Waals surface area contributed by atoms with Gasteiger partial charge in [0.05, 0.1) is 0 Å². The first kappa shape index (κ1) is 23.5. The first-order chi connectivity index (χ1) is 18.8. The molecule has 6 aromatic rings. The van der Waals surface area contributed by atoms with Crippen molar-refractivity contribution in [3.05, 3.63) is 169 Å². The van der Waals surface area contributed by atoms with Crippen LogP contribution in [0.1, 0.15) is 11.1 Å². The fraction of sp³-hybridized carbons (Fsp3) is 0.0270. The highest BCUT2D eigenvalue weighted by atomic mass is 14.9. The van der Waals surface area contributed by atoms with E-state index in [0.717, 1.165) is 17.8 Å². The van der Waals surface area contributed by atoms with Crippen molar-refractivity contribution >= 4 is 11.4 Å². The van der Waals surface area contributed by atoms with Gasteiger partial charge in [-0.25, -0.2) is 0 Å². The van der Waals surface area contributed by atoms with Crippen molar-refractivity contribution in [1.29, 1.82) is 0 Å². The van der Waals surface area contributed by atoms with Gasteiger partial charge < -0.3 is 5.32 Å². The van der Waals surface area contributed by atoms with Crippen molar-refractivity contribution in [3.8, 4) is 33.4 Å². The van der Waals surface area contributed by atoms with Gasteiger partial charge in [0.2, 0.25) is 0 Å². The molecule has 0 amide bonds. The standard InChI is InChI=1S/C37H29N/c1-3-7-30(8-4-1)32-15-11-28(12-16-32)27-29-13-17-33(18-14-29)35-21-25-37(26-22-35)38-36-23-19-34(20-24-36)31-9-5-2-6-10-31/h1-26,38H,27H2. The van der Waals surface area contributed by atoms with Crippen LogP contribution in [0.15, 0.2) is 158 Å². The second-order valence-corrected chi connectivity index (χ2v) is 9.58. The SMILES string of the molecule is c1ccc(-c2ccc(Cc3ccc(-c4ccc(Nc5ccc(-c6ccccc6)cc5)cc4)cc3)cc2)cc1. The van der Waals surface area contributed by atoms with Crippen molar-refractivity contribution in [2.24, 2.45) is 0 Å². The molecule has 38 heavy (non-hydrogen) atoms. The molecule has 0 heterocycles.